The molecule has 0 unspecified atom stereocenters. The third kappa shape index (κ3) is 4.10. The van der Waals surface area contributed by atoms with Crippen LogP contribution in [0.15, 0.2) is 36.7 Å². The van der Waals surface area contributed by atoms with Crippen LogP contribution in [0.4, 0.5) is 0 Å². The lowest BCUT2D eigenvalue weighted by atomic mass is 10.1. The first kappa shape index (κ1) is 14.6. The number of aromatic nitrogens is 2. The van der Waals surface area contributed by atoms with Crippen molar-refractivity contribution in [3.05, 3.63) is 47.8 Å². The van der Waals surface area contributed by atoms with Crippen LogP contribution < -0.4 is 10.5 Å². The molecule has 0 aliphatic rings. The number of rotatable bonds is 7. The van der Waals surface area contributed by atoms with Crippen molar-refractivity contribution >= 4 is 0 Å². The molecule has 1 aromatic carbocycles. The first-order valence-corrected chi connectivity index (χ1v) is 7.15. The van der Waals surface area contributed by atoms with Crippen LogP contribution in [0.25, 0.3) is 0 Å². The van der Waals surface area contributed by atoms with E-state index in [0.717, 1.165) is 37.2 Å². The van der Waals surface area contributed by atoms with Gasteiger partial charge in [-0.2, -0.15) is 5.10 Å². The second-order valence-electron chi connectivity index (χ2n) is 5.20. The Balaban J connectivity index is 2.22. The Morgan fingerprint density at radius 3 is 2.85 bits per heavy atom. The van der Waals surface area contributed by atoms with Gasteiger partial charge in [0.2, 0.25) is 0 Å². The van der Waals surface area contributed by atoms with Gasteiger partial charge < -0.3 is 10.5 Å². The van der Waals surface area contributed by atoms with Gasteiger partial charge in [0.1, 0.15) is 5.75 Å². The SMILES string of the molecule is CC(C)Oc1ccc(CCCN)cc1Cn1cccn1. The molecule has 0 saturated carbocycles. The lowest BCUT2D eigenvalue weighted by molar-refractivity contribution is 0.239. The van der Waals surface area contributed by atoms with Gasteiger partial charge in [-0.3, -0.25) is 4.68 Å². The van der Waals surface area contributed by atoms with E-state index in [1.807, 2.05) is 30.8 Å². The summed E-state index contributed by atoms with van der Waals surface area (Å²) in [6.45, 7) is 5.53. The summed E-state index contributed by atoms with van der Waals surface area (Å²) in [6.07, 6.45) is 5.93. The van der Waals surface area contributed by atoms with Gasteiger partial charge in [0.05, 0.1) is 12.6 Å². The van der Waals surface area contributed by atoms with Gasteiger partial charge in [-0.15, -0.1) is 0 Å². The summed E-state index contributed by atoms with van der Waals surface area (Å²) < 4.78 is 7.80. The molecule has 1 heterocycles. The molecule has 0 amide bonds. The van der Waals surface area contributed by atoms with Crippen molar-refractivity contribution in [2.24, 2.45) is 5.73 Å². The molecule has 0 bridgehead atoms. The average molecular weight is 273 g/mol. The van der Waals surface area contributed by atoms with Gasteiger partial charge in [0.25, 0.3) is 0 Å². The summed E-state index contributed by atoms with van der Waals surface area (Å²) in [6, 6.07) is 8.32. The predicted molar refractivity (Wildman–Crippen MR) is 80.9 cm³/mol. The molecule has 0 aliphatic carbocycles. The first-order valence-electron chi connectivity index (χ1n) is 7.15. The van der Waals surface area contributed by atoms with Crippen LogP contribution in [-0.4, -0.2) is 22.4 Å². The van der Waals surface area contributed by atoms with Gasteiger partial charge in [-0.05, 0) is 50.9 Å². The monoisotopic (exact) mass is 273 g/mol. The number of hydrogen-bond donors (Lipinski definition) is 1. The zero-order chi connectivity index (χ0) is 14.4. The highest BCUT2D eigenvalue weighted by molar-refractivity contribution is 5.37. The summed E-state index contributed by atoms with van der Waals surface area (Å²) in [4.78, 5) is 0. The van der Waals surface area contributed by atoms with E-state index in [4.69, 9.17) is 10.5 Å². The molecule has 20 heavy (non-hydrogen) atoms. The Bertz CT molecular complexity index is 521. The summed E-state index contributed by atoms with van der Waals surface area (Å²) in [5.74, 6) is 0.937. The smallest absolute Gasteiger partial charge is 0.124 e. The topological polar surface area (TPSA) is 53.1 Å². The maximum Gasteiger partial charge on any atom is 0.124 e. The average Bonchev–Trinajstić information content (AvgIpc) is 2.91. The molecule has 2 N–H and O–H groups in total. The van der Waals surface area contributed by atoms with Gasteiger partial charge in [-0.25, -0.2) is 0 Å². The first-order chi connectivity index (χ1) is 9.69. The second-order valence-corrected chi connectivity index (χ2v) is 5.20. The number of benzene rings is 1. The maximum atomic E-state index is 5.89. The van der Waals surface area contributed by atoms with Crippen molar-refractivity contribution in [1.29, 1.82) is 0 Å². The van der Waals surface area contributed by atoms with Crippen molar-refractivity contribution in [3.8, 4) is 5.75 Å². The van der Waals surface area contributed by atoms with E-state index in [9.17, 15) is 0 Å². The molecule has 4 nitrogen and oxygen atoms in total. The molecule has 0 saturated heterocycles. The summed E-state index contributed by atoms with van der Waals surface area (Å²) >= 11 is 0. The molecule has 0 spiro atoms. The lowest BCUT2D eigenvalue weighted by Crippen LogP contribution is -2.10. The lowest BCUT2D eigenvalue weighted by Gasteiger charge is -2.16. The fourth-order valence-electron chi connectivity index (χ4n) is 2.16. The van der Waals surface area contributed by atoms with Crippen LogP contribution in [0.3, 0.4) is 0 Å². The zero-order valence-electron chi connectivity index (χ0n) is 12.2. The molecule has 0 fully saturated rings. The van der Waals surface area contributed by atoms with Gasteiger partial charge in [-0.1, -0.05) is 12.1 Å². The molecule has 2 aromatic rings. The Morgan fingerprint density at radius 2 is 2.20 bits per heavy atom. The molecule has 1 aromatic heterocycles. The Kier molecular flexibility index (Phi) is 5.18. The third-order valence-electron chi connectivity index (χ3n) is 3.05. The van der Waals surface area contributed by atoms with E-state index in [1.165, 1.54) is 5.56 Å². The van der Waals surface area contributed by atoms with Crippen molar-refractivity contribution in [2.75, 3.05) is 6.54 Å². The quantitative estimate of drug-likeness (QED) is 0.843. The van der Waals surface area contributed by atoms with Gasteiger partial charge in [0.15, 0.2) is 0 Å². The molecule has 0 atom stereocenters. The molecular formula is C16H23N3O. The minimum atomic E-state index is 0.168. The Labute approximate surface area is 120 Å². The van der Waals surface area contributed by atoms with Crippen molar-refractivity contribution < 1.29 is 4.74 Å². The van der Waals surface area contributed by atoms with Crippen LogP contribution in [0.2, 0.25) is 0 Å². The number of ether oxygens (including phenoxy) is 1. The number of nitrogens with zero attached hydrogens (tertiary/aromatic N) is 2. The summed E-state index contributed by atoms with van der Waals surface area (Å²) in [7, 11) is 0. The van der Waals surface area contributed by atoms with Crippen LogP contribution in [-0.2, 0) is 13.0 Å². The Hall–Kier alpha value is -1.81. The molecule has 0 aliphatic heterocycles. The van der Waals surface area contributed by atoms with Gasteiger partial charge in [0, 0.05) is 18.0 Å². The molecule has 0 radical (unpaired) electrons. The Morgan fingerprint density at radius 1 is 1.35 bits per heavy atom. The third-order valence-corrected chi connectivity index (χ3v) is 3.05. The van der Waals surface area contributed by atoms with Crippen LogP contribution >= 0.6 is 0 Å². The molecule has 4 heteroatoms. The molecule has 2 rings (SSSR count). The van der Waals surface area contributed by atoms with Crippen molar-refractivity contribution in [1.82, 2.24) is 9.78 Å². The summed E-state index contributed by atoms with van der Waals surface area (Å²) in [5.41, 5.74) is 8.04. The number of aryl methyl sites for hydroxylation is 1. The van der Waals surface area contributed by atoms with Gasteiger partial charge >= 0.3 is 0 Å². The standard InChI is InChI=1S/C16H23N3O/c1-13(2)20-16-7-6-14(5-3-8-17)11-15(16)12-19-10-4-9-18-19/h4,6-7,9-11,13H,3,5,8,12,17H2,1-2H3. The van der Waals surface area contributed by atoms with E-state index < -0.39 is 0 Å². The van der Waals surface area contributed by atoms with E-state index in [1.54, 1.807) is 6.20 Å². The minimum Gasteiger partial charge on any atom is -0.491 e. The van der Waals surface area contributed by atoms with E-state index in [2.05, 4.69) is 23.3 Å². The minimum absolute atomic E-state index is 0.168. The van der Waals surface area contributed by atoms with Crippen LogP contribution in [0.5, 0.6) is 5.75 Å². The summed E-state index contributed by atoms with van der Waals surface area (Å²) in [5, 5.41) is 4.26. The number of nitrogens with two attached hydrogens (primary N) is 1. The van der Waals surface area contributed by atoms with Crippen LogP contribution in [0.1, 0.15) is 31.4 Å². The zero-order valence-corrected chi connectivity index (χ0v) is 12.2. The predicted octanol–water partition coefficient (Wildman–Crippen LogP) is 2.61. The normalized spacial score (nSPS) is 11.0. The van der Waals surface area contributed by atoms with E-state index in [0.29, 0.717) is 0 Å². The fourth-order valence-corrected chi connectivity index (χ4v) is 2.16. The highest BCUT2D eigenvalue weighted by Crippen LogP contribution is 2.23. The van der Waals surface area contributed by atoms with Crippen molar-refractivity contribution in [3.63, 3.8) is 0 Å². The molecule has 108 valence electrons. The maximum absolute atomic E-state index is 5.89. The van der Waals surface area contributed by atoms with Crippen LogP contribution in [0, 0.1) is 0 Å². The van der Waals surface area contributed by atoms with E-state index in [-0.39, 0.29) is 6.10 Å². The van der Waals surface area contributed by atoms with Crippen molar-refractivity contribution in [2.45, 2.75) is 39.3 Å². The fraction of sp³-hybridized carbons (Fsp3) is 0.438. The molecular weight excluding hydrogens is 250 g/mol. The second kappa shape index (κ2) is 7.10. The highest BCUT2D eigenvalue weighted by atomic mass is 16.5. The number of hydrogen-bond acceptors (Lipinski definition) is 3. The largest absolute Gasteiger partial charge is 0.491 e. The highest BCUT2D eigenvalue weighted by Gasteiger charge is 2.08. The van der Waals surface area contributed by atoms with E-state index >= 15 is 0 Å².